The summed E-state index contributed by atoms with van der Waals surface area (Å²) < 4.78 is 0. The molecule has 1 aliphatic carbocycles. The zero-order valence-electron chi connectivity index (χ0n) is 13.6. The number of nitrogens with zero attached hydrogens (tertiary/aromatic N) is 2. The normalized spacial score (nSPS) is 15.8. The van der Waals surface area contributed by atoms with Gasteiger partial charge in [-0.25, -0.2) is 4.98 Å². The quantitative estimate of drug-likeness (QED) is 0.874. The molecule has 1 saturated carbocycles. The van der Waals surface area contributed by atoms with E-state index < -0.39 is 5.41 Å². The van der Waals surface area contributed by atoms with Crippen LogP contribution < -0.4 is 5.32 Å². The standard InChI is InChI=1S/C19H21N3OS/c20-14-19(10-4-5-11-19)18(23)21-12-16-13-24-17(22-16)9-8-15-6-2-1-3-7-15/h1-3,6-7,13H,4-5,8-12H2,(H,21,23). The van der Waals surface area contributed by atoms with E-state index in [1.807, 2.05) is 23.6 Å². The minimum Gasteiger partial charge on any atom is -0.349 e. The Morgan fingerprint density at radius 2 is 2.00 bits per heavy atom. The summed E-state index contributed by atoms with van der Waals surface area (Å²) in [6.07, 6.45) is 5.15. The van der Waals surface area contributed by atoms with Crippen LogP contribution in [0.3, 0.4) is 0 Å². The zero-order chi connectivity index (χ0) is 16.8. The minimum absolute atomic E-state index is 0.138. The van der Waals surface area contributed by atoms with E-state index >= 15 is 0 Å². The number of benzene rings is 1. The molecule has 2 aromatic rings. The van der Waals surface area contributed by atoms with E-state index in [0.29, 0.717) is 19.4 Å². The number of hydrogen-bond donors (Lipinski definition) is 1. The molecule has 24 heavy (non-hydrogen) atoms. The average Bonchev–Trinajstić information content (AvgIpc) is 3.29. The summed E-state index contributed by atoms with van der Waals surface area (Å²) in [7, 11) is 0. The lowest BCUT2D eigenvalue weighted by atomic mass is 9.87. The number of nitrogens with one attached hydrogen (secondary N) is 1. The van der Waals surface area contributed by atoms with Crippen molar-refractivity contribution in [2.75, 3.05) is 0 Å². The third-order valence-corrected chi connectivity index (χ3v) is 5.56. The maximum Gasteiger partial charge on any atom is 0.240 e. The highest BCUT2D eigenvalue weighted by molar-refractivity contribution is 7.09. The third kappa shape index (κ3) is 3.82. The minimum atomic E-state index is -0.813. The number of carbonyl (C=O) groups is 1. The van der Waals surface area contributed by atoms with E-state index in [2.05, 4.69) is 28.5 Å². The molecule has 0 atom stereocenters. The van der Waals surface area contributed by atoms with Crippen LogP contribution in [0.25, 0.3) is 0 Å². The van der Waals surface area contributed by atoms with E-state index in [4.69, 9.17) is 0 Å². The number of aryl methyl sites for hydroxylation is 2. The molecule has 1 aliphatic rings. The smallest absolute Gasteiger partial charge is 0.240 e. The molecule has 1 fully saturated rings. The lowest BCUT2D eigenvalue weighted by Gasteiger charge is -2.18. The Bertz CT molecular complexity index is 727. The molecule has 1 aromatic heterocycles. The van der Waals surface area contributed by atoms with Crippen LogP contribution in [0, 0.1) is 16.7 Å². The highest BCUT2D eigenvalue weighted by Crippen LogP contribution is 2.37. The van der Waals surface area contributed by atoms with Gasteiger partial charge in [-0.2, -0.15) is 5.26 Å². The van der Waals surface area contributed by atoms with Crippen LogP contribution in [0.1, 0.15) is 41.9 Å². The fourth-order valence-electron chi connectivity index (χ4n) is 3.15. The van der Waals surface area contributed by atoms with Crippen molar-refractivity contribution < 1.29 is 4.79 Å². The molecule has 5 heteroatoms. The molecule has 0 aliphatic heterocycles. The Hall–Kier alpha value is -2.19. The van der Waals surface area contributed by atoms with Gasteiger partial charge >= 0.3 is 0 Å². The fourth-order valence-corrected chi connectivity index (χ4v) is 3.95. The van der Waals surface area contributed by atoms with Gasteiger partial charge in [0.05, 0.1) is 23.3 Å². The van der Waals surface area contributed by atoms with Crippen molar-refractivity contribution >= 4 is 17.2 Å². The molecule has 0 spiro atoms. The van der Waals surface area contributed by atoms with E-state index in [1.54, 1.807) is 11.3 Å². The Labute approximate surface area is 146 Å². The first kappa shape index (κ1) is 16.7. The van der Waals surface area contributed by atoms with Crippen molar-refractivity contribution in [3.8, 4) is 6.07 Å². The number of rotatable bonds is 6. The van der Waals surface area contributed by atoms with E-state index in [-0.39, 0.29) is 5.91 Å². The first-order valence-electron chi connectivity index (χ1n) is 8.39. The second-order valence-corrected chi connectivity index (χ2v) is 7.24. The van der Waals surface area contributed by atoms with Crippen LogP contribution in [-0.2, 0) is 24.2 Å². The lowest BCUT2D eigenvalue weighted by molar-refractivity contribution is -0.128. The summed E-state index contributed by atoms with van der Waals surface area (Å²) in [5.41, 5.74) is 1.37. The van der Waals surface area contributed by atoms with Gasteiger partial charge in [0.25, 0.3) is 0 Å². The molecule has 1 amide bonds. The van der Waals surface area contributed by atoms with Gasteiger partial charge in [0.15, 0.2) is 0 Å². The van der Waals surface area contributed by atoms with Gasteiger partial charge in [-0.3, -0.25) is 4.79 Å². The van der Waals surface area contributed by atoms with Crippen LogP contribution in [0.15, 0.2) is 35.7 Å². The van der Waals surface area contributed by atoms with E-state index in [9.17, 15) is 10.1 Å². The van der Waals surface area contributed by atoms with Crippen LogP contribution in [0.5, 0.6) is 0 Å². The summed E-state index contributed by atoms with van der Waals surface area (Å²) in [6.45, 7) is 0.407. The van der Waals surface area contributed by atoms with Gasteiger partial charge in [-0.05, 0) is 24.8 Å². The highest BCUT2D eigenvalue weighted by atomic mass is 32.1. The summed E-state index contributed by atoms with van der Waals surface area (Å²) in [6, 6.07) is 12.6. The monoisotopic (exact) mass is 339 g/mol. The zero-order valence-corrected chi connectivity index (χ0v) is 14.4. The summed E-state index contributed by atoms with van der Waals surface area (Å²) >= 11 is 1.63. The van der Waals surface area contributed by atoms with Crippen molar-refractivity contribution in [1.82, 2.24) is 10.3 Å². The van der Waals surface area contributed by atoms with Gasteiger partial charge in [-0.15, -0.1) is 11.3 Å². The second-order valence-electron chi connectivity index (χ2n) is 6.30. The van der Waals surface area contributed by atoms with Gasteiger partial charge < -0.3 is 5.32 Å². The largest absolute Gasteiger partial charge is 0.349 e. The first-order valence-corrected chi connectivity index (χ1v) is 9.27. The number of carbonyl (C=O) groups excluding carboxylic acids is 1. The van der Waals surface area contributed by atoms with E-state index in [1.165, 1.54) is 5.56 Å². The van der Waals surface area contributed by atoms with Crippen LogP contribution in [0.4, 0.5) is 0 Å². The van der Waals surface area contributed by atoms with E-state index in [0.717, 1.165) is 36.4 Å². The van der Waals surface area contributed by atoms with Crippen molar-refractivity contribution in [2.24, 2.45) is 5.41 Å². The van der Waals surface area contributed by atoms with Gasteiger partial charge in [0, 0.05) is 11.8 Å². The molecule has 1 N–H and O–H groups in total. The molecule has 4 nitrogen and oxygen atoms in total. The summed E-state index contributed by atoms with van der Waals surface area (Å²) in [5, 5.41) is 15.3. The number of thiazole rings is 1. The van der Waals surface area contributed by atoms with Crippen LogP contribution in [0.2, 0.25) is 0 Å². The molecular formula is C19H21N3OS. The lowest BCUT2D eigenvalue weighted by Crippen LogP contribution is -2.37. The maximum atomic E-state index is 12.3. The molecule has 0 bridgehead atoms. The Morgan fingerprint density at radius 3 is 2.71 bits per heavy atom. The average molecular weight is 339 g/mol. The Kier molecular flexibility index (Phi) is 5.27. The van der Waals surface area contributed by atoms with Crippen molar-refractivity contribution in [3.63, 3.8) is 0 Å². The highest BCUT2D eigenvalue weighted by Gasteiger charge is 2.41. The molecule has 3 rings (SSSR count). The fraction of sp³-hybridized carbons (Fsp3) is 0.421. The molecule has 124 valence electrons. The number of amides is 1. The molecule has 0 unspecified atom stereocenters. The molecule has 1 heterocycles. The van der Waals surface area contributed by atoms with Gasteiger partial charge in [0.1, 0.15) is 5.41 Å². The van der Waals surface area contributed by atoms with Crippen molar-refractivity contribution in [1.29, 1.82) is 5.26 Å². The number of aromatic nitrogens is 1. The second kappa shape index (κ2) is 7.59. The Balaban J connectivity index is 1.51. The molecular weight excluding hydrogens is 318 g/mol. The topological polar surface area (TPSA) is 65.8 Å². The van der Waals surface area contributed by atoms with Crippen molar-refractivity contribution in [3.05, 3.63) is 52.0 Å². The first-order chi connectivity index (χ1) is 11.7. The molecule has 0 saturated heterocycles. The van der Waals surface area contributed by atoms with Crippen LogP contribution >= 0.6 is 11.3 Å². The molecule has 1 aromatic carbocycles. The summed E-state index contributed by atoms with van der Waals surface area (Å²) in [5.74, 6) is -0.138. The predicted molar refractivity (Wildman–Crippen MR) is 94.3 cm³/mol. The van der Waals surface area contributed by atoms with Crippen molar-refractivity contribution in [2.45, 2.75) is 45.1 Å². The van der Waals surface area contributed by atoms with Gasteiger partial charge in [0.2, 0.25) is 5.91 Å². The SMILES string of the molecule is N#CC1(C(=O)NCc2csc(CCc3ccccc3)n2)CCCC1. The predicted octanol–water partition coefficient (Wildman–Crippen LogP) is 3.63. The third-order valence-electron chi connectivity index (χ3n) is 4.61. The van der Waals surface area contributed by atoms with Crippen LogP contribution in [-0.4, -0.2) is 10.9 Å². The molecule has 0 radical (unpaired) electrons. The summed E-state index contributed by atoms with van der Waals surface area (Å²) in [4.78, 5) is 16.9. The Morgan fingerprint density at radius 1 is 1.25 bits per heavy atom. The van der Waals surface area contributed by atoms with Gasteiger partial charge in [-0.1, -0.05) is 43.2 Å². The number of hydrogen-bond acceptors (Lipinski definition) is 4. The maximum absolute atomic E-state index is 12.3. The number of nitriles is 1.